The average Bonchev–Trinajstić information content (AvgIpc) is 3.22. The molecule has 0 radical (unpaired) electrons. The number of ether oxygens (including phenoxy) is 4. The molecule has 0 aliphatic heterocycles. The lowest BCUT2D eigenvalue weighted by Gasteiger charge is -2.38. The molecule has 0 bridgehead atoms. The first-order valence-corrected chi connectivity index (χ1v) is 11.7. The van der Waals surface area contributed by atoms with Gasteiger partial charge >= 0.3 is 0 Å². The van der Waals surface area contributed by atoms with Crippen LogP contribution in [0, 0.1) is 0 Å². The maximum absolute atomic E-state index is 5.79. The van der Waals surface area contributed by atoms with E-state index in [-0.39, 0.29) is 0 Å². The van der Waals surface area contributed by atoms with Crippen molar-refractivity contribution in [3.05, 3.63) is 130 Å². The van der Waals surface area contributed by atoms with Gasteiger partial charge in [0.1, 0.15) is 0 Å². The van der Waals surface area contributed by atoms with E-state index in [1.165, 1.54) is 22.3 Å². The molecule has 35 heavy (non-hydrogen) atoms. The van der Waals surface area contributed by atoms with Gasteiger partial charge in [-0.05, 0) is 33.4 Å². The molecule has 1 aliphatic rings. The molecule has 4 aromatic rings. The molecule has 0 atom stereocenters. The van der Waals surface area contributed by atoms with Crippen LogP contribution in [0.5, 0.6) is 0 Å². The first-order chi connectivity index (χ1) is 17.2. The van der Waals surface area contributed by atoms with Crippen LogP contribution in [-0.4, -0.2) is 28.4 Å². The predicted octanol–water partition coefficient (Wildman–Crippen LogP) is 6.63. The number of fused-ring (bicyclic) bond motifs is 3. The molecule has 0 saturated heterocycles. The Bertz CT molecular complexity index is 1220. The highest BCUT2D eigenvalue weighted by atomic mass is 16.7. The van der Waals surface area contributed by atoms with Gasteiger partial charge in [0, 0.05) is 39.6 Å². The van der Waals surface area contributed by atoms with Gasteiger partial charge in [-0.3, -0.25) is 0 Å². The summed E-state index contributed by atoms with van der Waals surface area (Å²) in [6.45, 7) is 0. The summed E-state index contributed by atoms with van der Waals surface area (Å²) >= 11 is 0. The van der Waals surface area contributed by atoms with Crippen LogP contribution < -0.4 is 0 Å². The van der Waals surface area contributed by atoms with E-state index < -0.39 is 18.0 Å². The van der Waals surface area contributed by atoms with Gasteiger partial charge in [0.05, 0.1) is 5.41 Å². The third kappa shape index (κ3) is 3.53. The molecule has 0 aromatic heterocycles. The molecule has 0 N–H and O–H groups in total. The van der Waals surface area contributed by atoms with Gasteiger partial charge in [-0.1, -0.05) is 97.1 Å². The van der Waals surface area contributed by atoms with Gasteiger partial charge < -0.3 is 18.9 Å². The van der Waals surface area contributed by atoms with Crippen molar-refractivity contribution in [1.82, 2.24) is 0 Å². The monoisotopic (exact) mass is 466 g/mol. The maximum Gasteiger partial charge on any atom is 0.183 e. The summed E-state index contributed by atoms with van der Waals surface area (Å²) in [5.41, 5.74) is 8.36. The fraction of sp³-hybridized carbons (Fsp3) is 0.226. The highest BCUT2D eigenvalue weighted by Gasteiger charge is 2.49. The number of rotatable bonds is 8. The molecular formula is C31H30O4. The summed E-state index contributed by atoms with van der Waals surface area (Å²) < 4.78 is 23.2. The lowest BCUT2D eigenvalue weighted by Crippen LogP contribution is -2.32. The molecule has 1 aliphatic carbocycles. The minimum Gasteiger partial charge on any atom is -0.352 e. The van der Waals surface area contributed by atoms with Crippen molar-refractivity contribution in [1.29, 1.82) is 0 Å². The second-order valence-electron chi connectivity index (χ2n) is 8.62. The van der Waals surface area contributed by atoms with Crippen LogP contribution in [0.25, 0.3) is 11.1 Å². The van der Waals surface area contributed by atoms with Gasteiger partial charge in [-0.2, -0.15) is 0 Å². The van der Waals surface area contributed by atoms with Crippen molar-refractivity contribution in [3.63, 3.8) is 0 Å². The van der Waals surface area contributed by atoms with Gasteiger partial charge in [0.25, 0.3) is 0 Å². The SMILES string of the molecule is COC(OC)c1ccccc1C1(c2ccccc2C(OC)OC)c2ccccc2-c2ccccc21. The van der Waals surface area contributed by atoms with Gasteiger partial charge in [-0.25, -0.2) is 0 Å². The molecule has 4 aromatic carbocycles. The molecule has 178 valence electrons. The van der Waals surface area contributed by atoms with Crippen LogP contribution in [0.2, 0.25) is 0 Å². The largest absolute Gasteiger partial charge is 0.352 e. The van der Waals surface area contributed by atoms with Crippen LogP contribution in [0.1, 0.15) is 46.0 Å². The molecule has 5 rings (SSSR count). The topological polar surface area (TPSA) is 36.9 Å². The third-order valence-electron chi connectivity index (χ3n) is 7.05. The summed E-state index contributed by atoms with van der Waals surface area (Å²) in [5.74, 6) is 0. The number of hydrogen-bond donors (Lipinski definition) is 0. The van der Waals surface area contributed by atoms with Gasteiger partial charge in [-0.15, -0.1) is 0 Å². The normalized spacial score (nSPS) is 13.8. The second-order valence-corrected chi connectivity index (χ2v) is 8.62. The Morgan fingerprint density at radius 2 is 0.743 bits per heavy atom. The predicted molar refractivity (Wildman–Crippen MR) is 137 cm³/mol. The van der Waals surface area contributed by atoms with Crippen LogP contribution >= 0.6 is 0 Å². The lowest BCUT2D eigenvalue weighted by atomic mass is 9.65. The van der Waals surface area contributed by atoms with Crippen molar-refractivity contribution in [2.24, 2.45) is 0 Å². The molecule has 0 saturated carbocycles. The van der Waals surface area contributed by atoms with Crippen molar-refractivity contribution >= 4 is 0 Å². The molecule has 0 unspecified atom stereocenters. The number of hydrogen-bond acceptors (Lipinski definition) is 4. The van der Waals surface area contributed by atoms with E-state index in [0.717, 1.165) is 22.3 Å². The Kier molecular flexibility index (Phi) is 6.54. The summed E-state index contributed by atoms with van der Waals surface area (Å²) in [7, 11) is 6.70. The van der Waals surface area contributed by atoms with Gasteiger partial charge in [0.2, 0.25) is 0 Å². The minimum atomic E-state index is -0.634. The van der Waals surface area contributed by atoms with E-state index >= 15 is 0 Å². The van der Waals surface area contributed by atoms with Crippen LogP contribution in [0.15, 0.2) is 97.1 Å². The summed E-state index contributed by atoms with van der Waals surface area (Å²) in [6.07, 6.45) is -1.04. The maximum atomic E-state index is 5.79. The standard InChI is InChI=1S/C31H30O4/c1-32-29(33-2)23-15-7-11-19-27(23)31(28-20-12-8-16-24(28)30(34-3)35-4)25-17-9-5-13-21(25)22-14-6-10-18-26(22)31/h5-20,29-30H,1-4H3. The third-order valence-corrected chi connectivity index (χ3v) is 7.05. The Morgan fingerprint density at radius 1 is 0.429 bits per heavy atom. The molecule has 0 spiro atoms. The number of benzene rings is 4. The first-order valence-electron chi connectivity index (χ1n) is 11.7. The minimum absolute atomic E-state index is 0.518. The zero-order valence-electron chi connectivity index (χ0n) is 20.5. The zero-order chi connectivity index (χ0) is 24.4. The smallest absolute Gasteiger partial charge is 0.183 e. The highest BCUT2D eigenvalue weighted by molar-refractivity contribution is 5.86. The van der Waals surface area contributed by atoms with E-state index in [1.807, 2.05) is 12.1 Å². The Morgan fingerprint density at radius 3 is 1.11 bits per heavy atom. The van der Waals surface area contributed by atoms with Crippen molar-refractivity contribution in [2.75, 3.05) is 28.4 Å². The van der Waals surface area contributed by atoms with Gasteiger partial charge in [0.15, 0.2) is 12.6 Å². The zero-order valence-corrected chi connectivity index (χ0v) is 20.5. The molecule has 4 heteroatoms. The van der Waals surface area contributed by atoms with Crippen LogP contribution in [0.3, 0.4) is 0 Å². The van der Waals surface area contributed by atoms with E-state index in [0.29, 0.717) is 0 Å². The van der Waals surface area contributed by atoms with Crippen LogP contribution in [0.4, 0.5) is 0 Å². The second kappa shape index (κ2) is 9.76. The summed E-state index contributed by atoms with van der Waals surface area (Å²) in [6, 6.07) is 34.1. The van der Waals surface area contributed by atoms with Crippen molar-refractivity contribution < 1.29 is 18.9 Å². The fourth-order valence-corrected chi connectivity index (χ4v) is 5.75. The summed E-state index contributed by atoms with van der Waals surface area (Å²) in [4.78, 5) is 0. The van der Waals surface area contributed by atoms with Crippen molar-refractivity contribution in [2.45, 2.75) is 18.0 Å². The average molecular weight is 467 g/mol. The quantitative estimate of drug-likeness (QED) is 0.241. The fourth-order valence-electron chi connectivity index (χ4n) is 5.75. The highest BCUT2D eigenvalue weighted by Crippen LogP contribution is 2.58. The first kappa shape index (κ1) is 23.5. The van der Waals surface area contributed by atoms with E-state index in [2.05, 4.69) is 84.9 Å². The van der Waals surface area contributed by atoms with Crippen molar-refractivity contribution in [3.8, 4) is 11.1 Å². The van der Waals surface area contributed by atoms with E-state index in [9.17, 15) is 0 Å². The van der Waals surface area contributed by atoms with Crippen LogP contribution in [-0.2, 0) is 24.4 Å². The molecule has 4 nitrogen and oxygen atoms in total. The van der Waals surface area contributed by atoms with E-state index in [1.54, 1.807) is 28.4 Å². The molecule has 0 fully saturated rings. The molecular weight excluding hydrogens is 436 g/mol. The molecule has 0 amide bonds. The Hall–Kier alpha value is -3.28. The Balaban J connectivity index is 1.98. The summed E-state index contributed by atoms with van der Waals surface area (Å²) in [5, 5.41) is 0. The number of methoxy groups -OCH3 is 4. The van der Waals surface area contributed by atoms with E-state index in [4.69, 9.17) is 18.9 Å². The Labute approximate surface area is 207 Å². The molecule has 0 heterocycles. The lowest BCUT2D eigenvalue weighted by molar-refractivity contribution is -0.107.